The number of amides is 1. The van der Waals surface area contributed by atoms with Crippen LogP contribution in [0.1, 0.15) is 25.0 Å². The zero-order chi connectivity index (χ0) is 22.5. The van der Waals surface area contributed by atoms with E-state index < -0.39 is 0 Å². The van der Waals surface area contributed by atoms with Crippen LogP contribution in [-0.4, -0.2) is 54.8 Å². The molecule has 1 fully saturated rings. The Hall–Kier alpha value is -1.91. The van der Waals surface area contributed by atoms with E-state index in [0.29, 0.717) is 11.5 Å². The highest BCUT2D eigenvalue weighted by Crippen LogP contribution is 2.35. The molecular weight excluding hydrogens is 527 g/mol. The van der Waals surface area contributed by atoms with E-state index in [-0.39, 0.29) is 24.7 Å². The second-order valence-electron chi connectivity index (χ2n) is 7.61. The lowest BCUT2D eigenvalue weighted by Gasteiger charge is -2.37. The molecule has 0 aromatic heterocycles. The molecule has 0 unspecified atom stereocenters. The van der Waals surface area contributed by atoms with E-state index in [0.717, 1.165) is 38.5 Å². The van der Waals surface area contributed by atoms with Crippen molar-refractivity contribution in [2.24, 2.45) is 0 Å². The summed E-state index contributed by atoms with van der Waals surface area (Å²) in [6.07, 6.45) is 0.245. The first-order chi connectivity index (χ1) is 14.8. The van der Waals surface area contributed by atoms with Crippen molar-refractivity contribution in [1.82, 2.24) is 4.90 Å². The lowest BCUT2D eigenvalue weighted by atomic mass is 10.1. The molecule has 0 spiro atoms. The van der Waals surface area contributed by atoms with Gasteiger partial charge in [-0.3, -0.25) is 4.79 Å². The molecule has 31 heavy (non-hydrogen) atoms. The van der Waals surface area contributed by atoms with Crippen LogP contribution in [0.3, 0.4) is 0 Å². The molecule has 6 nitrogen and oxygen atoms in total. The summed E-state index contributed by atoms with van der Waals surface area (Å²) in [5.74, 6) is 0.837. The molecule has 1 N–H and O–H groups in total. The molecule has 2 atom stereocenters. The summed E-state index contributed by atoms with van der Waals surface area (Å²) in [5.41, 5.74) is 2.65. The van der Waals surface area contributed by atoms with E-state index in [1.54, 1.807) is 7.11 Å². The van der Waals surface area contributed by atoms with Crippen LogP contribution in [0.4, 0.5) is 5.69 Å². The van der Waals surface area contributed by atoms with Crippen LogP contribution in [0.5, 0.6) is 11.5 Å². The van der Waals surface area contributed by atoms with E-state index in [9.17, 15) is 4.79 Å². The number of aryl methyl sites for hydroxylation is 1. The van der Waals surface area contributed by atoms with Gasteiger partial charge in [-0.1, -0.05) is 30.4 Å². The Morgan fingerprint density at radius 1 is 1.26 bits per heavy atom. The first kappa shape index (κ1) is 23.7. The molecule has 1 amide bonds. The van der Waals surface area contributed by atoms with E-state index in [1.807, 2.05) is 43.3 Å². The molecule has 2 aromatic carbocycles. The lowest BCUT2D eigenvalue weighted by molar-refractivity contribution is -0.118. The molecule has 0 aliphatic carbocycles. The number of hydrogen-bond acceptors (Lipinski definition) is 5. The van der Waals surface area contributed by atoms with E-state index in [2.05, 4.69) is 46.7 Å². The highest BCUT2D eigenvalue weighted by Gasteiger charge is 2.25. The number of halogens is 1. The van der Waals surface area contributed by atoms with Crippen LogP contribution >= 0.6 is 34.8 Å². The number of nitrogens with zero attached hydrogens (tertiary/aromatic N) is 1. The van der Waals surface area contributed by atoms with Gasteiger partial charge < -0.3 is 24.4 Å². The van der Waals surface area contributed by atoms with Gasteiger partial charge in [0.05, 0.1) is 22.9 Å². The van der Waals surface area contributed by atoms with Crippen molar-refractivity contribution in [2.45, 2.75) is 33.0 Å². The average molecular weight is 554 g/mol. The van der Waals surface area contributed by atoms with E-state index in [4.69, 9.17) is 26.4 Å². The van der Waals surface area contributed by atoms with Gasteiger partial charge in [0.1, 0.15) is 4.99 Å². The van der Waals surface area contributed by atoms with Crippen LogP contribution in [0.25, 0.3) is 0 Å². The summed E-state index contributed by atoms with van der Waals surface area (Å²) in [7, 11) is 1.58. The Balaban J connectivity index is 1.71. The summed E-state index contributed by atoms with van der Waals surface area (Å²) in [6.45, 7) is 7.42. The maximum absolute atomic E-state index is 12.4. The minimum Gasteiger partial charge on any atom is -0.493 e. The fraction of sp³-hybridized carbons (Fsp3) is 0.391. The maximum Gasteiger partial charge on any atom is 0.262 e. The number of morpholine rings is 1. The van der Waals surface area contributed by atoms with Crippen LogP contribution in [-0.2, 0) is 9.53 Å². The quantitative estimate of drug-likeness (QED) is 0.422. The lowest BCUT2D eigenvalue weighted by Crippen LogP contribution is -2.47. The summed E-state index contributed by atoms with van der Waals surface area (Å²) in [6, 6.07) is 11.4. The van der Waals surface area contributed by atoms with E-state index in [1.165, 1.54) is 0 Å². The second-order valence-corrected chi connectivity index (χ2v) is 9.16. The largest absolute Gasteiger partial charge is 0.493 e. The van der Waals surface area contributed by atoms with Gasteiger partial charge in [-0.05, 0) is 67.1 Å². The predicted octanol–water partition coefficient (Wildman–Crippen LogP) is 4.41. The number of carbonyl (C=O) groups is 1. The standard InChI is InChI=1S/C23H27IN2O4S/c1-14-7-5-6-8-19(14)25-21(27)13-29-22-18(24)9-17(10-20(22)28-4)23(31)26-11-15(2)30-16(3)12-26/h5-10,15-16H,11-13H2,1-4H3,(H,25,27)/t15-,16-/m1/s1. The van der Waals surface area contributed by atoms with Gasteiger partial charge in [-0.15, -0.1) is 0 Å². The monoisotopic (exact) mass is 554 g/mol. The number of thiocarbonyl (C=S) groups is 1. The Morgan fingerprint density at radius 3 is 2.58 bits per heavy atom. The molecule has 1 heterocycles. The molecule has 1 aliphatic rings. The molecule has 1 saturated heterocycles. The average Bonchev–Trinajstić information content (AvgIpc) is 2.72. The third-order valence-electron chi connectivity index (χ3n) is 4.95. The number of carbonyl (C=O) groups excluding carboxylic acids is 1. The minimum absolute atomic E-state index is 0.122. The van der Waals surface area contributed by atoms with Crippen molar-refractivity contribution in [1.29, 1.82) is 0 Å². The first-order valence-electron chi connectivity index (χ1n) is 10.1. The summed E-state index contributed by atoms with van der Waals surface area (Å²) < 4.78 is 18.0. The van der Waals surface area contributed by atoms with Crippen molar-refractivity contribution >= 4 is 51.4 Å². The number of anilines is 1. The number of hydrogen-bond donors (Lipinski definition) is 1. The highest BCUT2D eigenvalue weighted by molar-refractivity contribution is 14.1. The summed E-state index contributed by atoms with van der Waals surface area (Å²) in [4.78, 5) is 15.3. The molecule has 166 valence electrons. The summed E-state index contributed by atoms with van der Waals surface area (Å²) in [5, 5.41) is 2.87. The maximum atomic E-state index is 12.4. The van der Waals surface area contributed by atoms with Gasteiger partial charge in [-0.2, -0.15) is 0 Å². The smallest absolute Gasteiger partial charge is 0.262 e. The number of rotatable bonds is 6. The van der Waals surface area contributed by atoms with Gasteiger partial charge in [0.15, 0.2) is 18.1 Å². The second kappa shape index (κ2) is 10.6. The van der Waals surface area contributed by atoms with Gasteiger partial charge in [0.2, 0.25) is 0 Å². The Labute approximate surface area is 202 Å². The van der Waals surface area contributed by atoms with Crippen LogP contribution in [0, 0.1) is 10.5 Å². The van der Waals surface area contributed by atoms with Crippen molar-refractivity contribution in [2.75, 3.05) is 32.1 Å². The number of nitrogens with one attached hydrogen (secondary N) is 1. The first-order valence-corrected chi connectivity index (χ1v) is 11.6. The van der Waals surface area contributed by atoms with Gasteiger partial charge in [-0.25, -0.2) is 0 Å². The molecule has 1 aliphatic heterocycles. The fourth-order valence-electron chi connectivity index (χ4n) is 3.55. The number of benzene rings is 2. The van der Waals surface area contributed by atoms with Crippen LogP contribution in [0.2, 0.25) is 0 Å². The van der Waals surface area contributed by atoms with Gasteiger partial charge >= 0.3 is 0 Å². The molecule has 0 saturated carbocycles. The minimum atomic E-state index is -0.233. The molecule has 0 bridgehead atoms. The molecule has 8 heteroatoms. The van der Waals surface area contributed by atoms with Crippen molar-refractivity contribution in [3.63, 3.8) is 0 Å². The van der Waals surface area contributed by atoms with Gasteiger partial charge in [0, 0.05) is 24.3 Å². The predicted molar refractivity (Wildman–Crippen MR) is 134 cm³/mol. The number of ether oxygens (including phenoxy) is 3. The third kappa shape index (κ3) is 6.08. The molecule has 0 radical (unpaired) electrons. The van der Waals surface area contributed by atoms with Crippen LogP contribution < -0.4 is 14.8 Å². The topological polar surface area (TPSA) is 60.0 Å². The summed E-state index contributed by atoms with van der Waals surface area (Å²) >= 11 is 7.94. The van der Waals surface area contributed by atoms with Crippen LogP contribution in [0.15, 0.2) is 36.4 Å². The van der Waals surface area contributed by atoms with Gasteiger partial charge in [0.25, 0.3) is 5.91 Å². The Bertz CT molecular complexity index is 959. The third-order valence-corrected chi connectivity index (χ3v) is 6.25. The fourth-order valence-corrected chi connectivity index (χ4v) is 4.57. The zero-order valence-electron chi connectivity index (χ0n) is 18.1. The highest BCUT2D eigenvalue weighted by atomic mass is 127. The molecule has 2 aromatic rings. The Kier molecular flexibility index (Phi) is 8.12. The molecular formula is C23H27IN2O4S. The number of methoxy groups -OCH3 is 1. The van der Waals surface area contributed by atoms with Crippen molar-refractivity contribution in [3.8, 4) is 11.5 Å². The van der Waals surface area contributed by atoms with E-state index >= 15 is 0 Å². The molecule has 3 rings (SSSR count). The zero-order valence-corrected chi connectivity index (χ0v) is 21.1. The Morgan fingerprint density at radius 2 is 1.94 bits per heavy atom. The SMILES string of the molecule is COc1cc(C(=S)N2C[C@@H](C)O[C@H](C)C2)cc(I)c1OCC(=O)Nc1ccccc1C. The number of para-hydroxylation sites is 1. The normalized spacial score (nSPS) is 18.4. The van der Waals surface area contributed by atoms with Crippen molar-refractivity contribution in [3.05, 3.63) is 51.1 Å². The van der Waals surface area contributed by atoms with Crippen molar-refractivity contribution < 1.29 is 19.0 Å².